The Hall–Kier alpha value is -3.18. The molecule has 2 aromatic heterocycles. The Kier molecular flexibility index (Phi) is 7.63. The van der Waals surface area contributed by atoms with E-state index in [1.165, 1.54) is 22.9 Å². The van der Waals surface area contributed by atoms with Gasteiger partial charge in [0.25, 0.3) is 0 Å². The molecule has 0 spiro atoms. The summed E-state index contributed by atoms with van der Waals surface area (Å²) < 4.78 is 2.06. The van der Waals surface area contributed by atoms with Crippen LogP contribution in [0.1, 0.15) is 57.1 Å². The largest absolute Gasteiger partial charge is 0.337 e. The highest BCUT2D eigenvalue weighted by Gasteiger charge is 2.33. The van der Waals surface area contributed by atoms with Crippen molar-refractivity contribution in [3.8, 4) is 23.1 Å². The molecule has 1 saturated carbocycles. The minimum atomic E-state index is -0.741. The average molecular weight is 475 g/mol. The summed E-state index contributed by atoms with van der Waals surface area (Å²) in [5.41, 5.74) is 3.58. The molecule has 1 N–H and O–H groups in total. The first-order valence-electron chi connectivity index (χ1n) is 11.9. The van der Waals surface area contributed by atoms with Gasteiger partial charge in [-0.3, -0.25) is 14.3 Å². The molecule has 0 aliphatic heterocycles. The Balaban J connectivity index is 1.67. The van der Waals surface area contributed by atoms with Gasteiger partial charge in [0.2, 0.25) is 5.91 Å². The van der Waals surface area contributed by atoms with Gasteiger partial charge in [0.05, 0.1) is 17.5 Å². The molecular weight excluding hydrogens is 444 g/mol. The first-order valence-corrected chi connectivity index (χ1v) is 12.9. The van der Waals surface area contributed by atoms with E-state index < -0.39 is 5.54 Å². The number of pyridine rings is 1. The third-order valence-electron chi connectivity index (χ3n) is 6.37. The fraction of sp³-hybridized carbons (Fsp3) is 0.423. The third-order valence-corrected chi connectivity index (χ3v) is 7.30. The van der Waals surface area contributed by atoms with Crippen molar-refractivity contribution in [1.29, 1.82) is 5.26 Å². The molecule has 1 aliphatic carbocycles. The van der Waals surface area contributed by atoms with Crippen LogP contribution in [0.4, 0.5) is 0 Å². The van der Waals surface area contributed by atoms with E-state index in [1.807, 2.05) is 12.1 Å². The molecule has 3 aromatic rings. The van der Waals surface area contributed by atoms with E-state index in [4.69, 9.17) is 0 Å². The van der Waals surface area contributed by atoms with Gasteiger partial charge in [-0.15, -0.1) is 10.2 Å². The number of thioether (sulfide) groups is 1. The molecule has 0 atom stereocenters. The van der Waals surface area contributed by atoms with Crippen LogP contribution < -0.4 is 5.32 Å². The van der Waals surface area contributed by atoms with E-state index >= 15 is 0 Å². The van der Waals surface area contributed by atoms with Crippen LogP contribution in [-0.2, 0) is 17.6 Å². The van der Waals surface area contributed by atoms with Crippen LogP contribution in [0.15, 0.2) is 47.9 Å². The van der Waals surface area contributed by atoms with Crippen LogP contribution in [0.25, 0.3) is 17.1 Å². The minimum absolute atomic E-state index is 0.148. The van der Waals surface area contributed by atoms with Crippen molar-refractivity contribution >= 4 is 17.7 Å². The Morgan fingerprint density at radius 3 is 2.47 bits per heavy atom. The van der Waals surface area contributed by atoms with Crippen molar-refractivity contribution in [2.75, 3.05) is 5.75 Å². The summed E-state index contributed by atoms with van der Waals surface area (Å²) in [4.78, 5) is 17.1. The van der Waals surface area contributed by atoms with Crippen molar-refractivity contribution in [3.05, 3.63) is 53.9 Å². The predicted octanol–water partition coefficient (Wildman–Crippen LogP) is 4.89. The number of rotatable bonds is 8. The van der Waals surface area contributed by atoms with Crippen LogP contribution >= 0.6 is 11.8 Å². The summed E-state index contributed by atoms with van der Waals surface area (Å²) >= 11 is 1.35. The number of aromatic nitrogens is 4. The number of aryl methyl sites for hydroxylation is 2. The number of nitrogens with zero attached hydrogens (tertiary/aromatic N) is 5. The number of carbonyl (C=O) groups is 1. The number of hydrogen-bond acceptors (Lipinski definition) is 6. The molecule has 8 heteroatoms. The van der Waals surface area contributed by atoms with Crippen molar-refractivity contribution < 1.29 is 4.79 Å². The second-order valence-electron chi connectivity index (χ2n) is 8.61. The summed E-state index contributed by atoms with van der Waals surface area (Å²) in [5.74, 6) is 0.725. The van der Waals surface area contributed by atoms with Crippen LogP contribution in [0.3, 0.4) is 0 Å². The number of amides is 1. The highest BCUT2D eigenvalue weighted by molar-refractivity contribution is 7.99. The first-order chi connectivity index (χ1) is 16.6. The molecule has 4 rings (SSSR count). The Morgan fingerprint density at radius 2 is 1.85 bits per heavy atom. The molecule has 1 fully saturated rings. The zero-order chi connectivity index (χ0) is 24.0. The van der Waals surface area contributed by atoms with Gasteiger partial charge in [0, 0.05) is 18.0 Å². The molecule has 0 radical (unpaired) electrons. The van der Waals surface area contributed by atoms with E-state index in [9.17, 15) is 10.1 Å². The van der Waals surface area contributed by atoms with Crippen LogP contribution in [0, 0.1) is 11.3 Å². The molecule has 0 bridgehead atoms. The lowest BCUT2D eigenvalue weighted by atomic mass is 9.83. The maximum atomic E-state index is 12.9. The number of nitriles is 1. The summed E-state index contributed by atoms with van der Waals surface area (Å²) in [6, 6.07) is 12.5. The smallest absolute Gasteiger partial charge is 0.231 e. The maximum Gasteiger partial charge on any atom is 0.231 e. The van der Waals surface area contributed by atoms with Crippen LogP contribution in [0.5, 0.6) is 0 Å². The number of carbonyl (C=O) groups excluding carboxylic acids is 1. The van der Waals surface area contributed by atoms with Crippen LogP contribution in [0.2, 0.25) is 0 Å². The monoisotopic (exact) mass is 474 g/mol. The van der Waals surface area contributed by atoms with Gasteiger partial charge in [-0.05, 0) is 48.9 Å². The fourth-order valence-corrected chi connectivity index (χ4v) is 5.34. The molecule has 1 amide bonds. The molecule has 7 nitrogen and oxygen atoms in total. The van der Waals surface area contributed by atoms with E-state index in [2.05, 4.69) is 63.2 Å². The standard InChI is InChI=1S/C26H30N6OS/c1-3-19-10-8-11-20(4-2)23(19)32-24(21-12-9-15-28-16-21)30-31-25(32)34-17-22(33)29-26(18-27)13-6-5-7-14-26/h8-12,15-16H,3-7,13-14,17H2,1-2H3,(H,29,33). The molecule has 1 aromatic carbocycles. The second kappa shape index (κ2) is 10.8. The third kappa shape index (κ3) is 5.00. The normalized spacial score (nSPS) is 15.0. The minimum Gasteiger partial charge on any atom is -0.337 e. The number of hydrogen-bond donors (Lipinski definition) is 1. The van der Waals surface area contributed by atoms with Gasteiger partial charge in [-0.2, -0.15) is 5.26 Å². The van der Waals surface area contributed by atoms with Crippen molar-refractivity contribution in [2.45, 2.75) is 69.5 Å². The van der Waals surface area contributed by atoms with Gasteiger partial charge >= 0.3 is 0 Å². The van der Waals surface area contributed by atoms with E-state index in [1.54, 1.807) is 12.4 Å². The molecule has 176 valence electrons. The SMILES string of the molecule is CCc1cccc(CC)c1-n1c(SCC(=O)NC2(C#N)CCCCC2)nnc1-c1cccnc1. The van der Waals surface area contributed by atoms with E-state index in [0.29, 0.717) is 23.8 Å². The quantitative estimate of drug-likeness (QED) is 0.467. The van der Waals surface area contributed by atoms with E-state index in [0.717, 1.165) is 43.4 Å². The Bertz CT molecular complexity index is 1160. The zero-order valence-corrected chi connectivity index (χ0v) is 20.6. The Labute approximate surface area is 205 Å². The lowest BCUT2D eigenvalue weighted by Crippen LogP contribution is -2.49. The molecule has 0 saturated heterocycles. The summed E-state index contributed by atoms with van der Waals surface area (Å²) in [6.07, 6.45) is 9.72. The molecule has 34 heavy (non-hydrogen) atoms. The summed E-state index contributed by atoms with van der Waals surface area (Å²) in [7, 11) is 0. The number of benzene rings is 1. The van der Waals surface area contributed by atoms with E-state index in [-0.39, 0.29) is 11.7 Å². The van der Waals surface area contributed by atoms with Gasteiger partial charge in [-0.1, -0.05) is 63.1 Å². The first kappa shape index (κ1) is 24.0. The summed E-state index contributed by atoms with van der Waals surface area (Å²) in [6.45, 7) is 4.27. The van der Waals surface area contributed by atoms with Crippen molar-refractivity contribution in [3.63, 3.8) is 0 Å². The van der Waals surface area contributed by atoms with Gasteiger partial charge in [-0.25, -0.2) is 0 Å². The summed E-state index contributed by atoms with van der Waals surface area (Å²) in [5, 5.41) is 22.4. The Morgan fingerprint density at radius 1 is 1.12 bits per heavy atom. The molecule has 1 aliphatic rings. The zero-order valence-electron chi connectivity index (χ0n) is 19.8. The second-order valence-corrected chi connectivity index (χ2v) is 9.55. The lowest BCUT2D eigenvalue weighted by Gasteiger charge is -2.31. The average Bonchev–Trinajstić information content (AvgIpc) is 3.31. The van der Waals surface area contributed by atoms with Gasteiger partial charge in [0.1, 0.15) is 5.54 Å². The van der Waals surface area contributed by atoms with Crippen molar-refractivity contribution in [2.24, 2.45) is 0 Å². The molecule has 2 heterocycles. The lowest BCUT2D eigenvalue weighted by molar-refractivity contribution is -0.120. The molecular formula is C26H30N6OS. The highest BCUT2D eigenvalue weighted by atomic mass is 32.2. The topological polar surface area (TPSA) is 96.5 Å². The number of nitrogens with one attached hydrogen (secondary N) is 1. The van der Waals surface area contributed by atoms with Crippen molar-refractivity contribution in [1.82, 2.24) is 25.1 Å². The fourth-order valence-electron chi connectivity index (χ4n) is 4.60. The predicted molar refractivity (Wildman–Crippen MR) is 134 cm³/mol. The highest BCUT2D eigenvalue weighted by Crippen LogP contribution is 2.32. The number of para-hydroxylation sites is 1. The van der Waals surface area contributed by atoms with Crippen LogP contribution in [-0.4, -0.2) is 36.9 Å². The van der Waals surface area contributed by atoms with Gasteiger partial charge < -0.3 is 5.32 Å². The molecule has 0 unspecified atom stereocenters. The van der Waals surface area contributed by atoms with Gasteiger partial charge in [0.15, 0.2) is 11.0 Å². The maximum absolute atomic E-state index is 12.9.